The Morgan fingerprint density at radius 1 is 1.50 bits per heavy atom. The van der Waals surface area contributed by atoms with E-state index < -0.39 is 6.09 Å². The molecule has 0 heterocycles. The van der Waals surface area contributed by atoms with E-state index in [1.165, 1.54) is 11.9 Å². The van der Waals surface area contributed by atoms with Crippen molar-refractivity contribution in [2.75, 3.05) is 13.6 Å². The van der Waals surface area contributed by atoms with Crippen molar-refractivity contribution in [1.29, 1.82) is 5.26 Å². The van der Waals surface area contributed by atoms with Gasteiger partial charge in [-0.25, -0.2) is 4.79 Å². The summed E-state index contributed by atoms with van der Waals surface area (Å²) in [6.07, 6.45) is -0.482. The number of hydrogen-bond donors (Lipinski definition) is 0. The molecule has 1 aromatic carbocycles. The van der Waals surface area contributed by atoms with Crippen molar-refractivity contribution in [2.24, 2.45) is 0 Å². The molecule has 0 bridgehead atoms. The number of ether oxygens (including phenoxy) is 1. The van der Waals surface area contributed by atoms with E-state index in [4.69, 9.17) is 10.00 Å². The van der Waals surface area contributed by atoms with Crippen LogP contribution in [0.1, 0.15) is 11.1 Å². The van der Waals surface area contributed by atoms with Gasteiger partial charge in [0.25, 0.3) is 0 Å². The minimum atomic E-state index is -0.482. The van der Waals surface area contributed by atoms with E-state index in [9.17, 15) is 4.79 Å². The molecule has 0 saturated carbocycles. The van der Waals surface area contributed by atoms with Crippen LogP contribution >= 0.6 is 0 Å². The van der Waals surface area contributed by atoms with Gasteiger partial charge in [-0.05, 0) is 18.1 Å². The number of benzene rings is 1. The normalized spacial score (nSPS) is 9.31. The summed E-state index contributed by atoms with van der Waals surface area (Å²) in [5, 5.41) is 8.42. The van der Waals surface area contributed by atoms with Gasteiger partial charge in [0.05, 0.1) is 6.07 Å². The van der Waals surface area contributed by atoms with Crippen LogP contribution in [-0.4, -0.2) is 24.6 Å². The second kappa shape index (κ2) is 5.76. The van der Waals surface area contributed by atoms with Crippen molar-refractivity contribution in [2.45, 2.75) is 13.5 Å². The van der Waals surface area contributed by atoms with Crippen molar-refractivity contribution in [3.05, 3.63) is 35.4 Å². The number of nitriles is 1. The Bertz CT molecular complexity index is 410. The van der Waals surface area contributed by atoms with Crippen LogP contribution in [0.4, 0.5) is 4.79 Å². The van der Waals surface area contributed by atoms with E-state index in [1.807, 2.05) is 37.3 Å². The van der Waals surface area contributed by atoms with Crippen LogP contribution in [0.2, 0.25) is 0 Å². The molecule has 0 aromatic heterocycles. The molecule has 0 spiro atoms. The van der Waals surface area contributed by atoms with Crippen molar-refractivity contribution in [3.8, 4) is 6.07 Å². The molecule has 4 heteroatoms. The average Bonchev–Trinajstić information content (AvgIpc) is 2.28. The highest BCUT2D eigenvalue weighted by Gasteiger charge is 2.09. The van der Waals surface area contributed by atoms with E-state index in [2.05, 4.69) is 0 Å². The monoisotopic (exact) mass is 218 g/mol. The lowest BCUT2D eigenvalue weighted by Gasteiger charge is -2.13. The number of carbonyl (C=O) groups is 1. The Hall–Kier alpha value is -2.02. The number of carbonyl (C=O) groups excluding carboxylic acids is 1. The summed E-state index contributed by atoms with van der Waals surface area (Å²) >= 11 is 0. The van der Waals surface area contributed by atoms with Crippen molar-refractivity contribution in [1.82, 2.24) is 4.90 Å². The maximum absolute atomic E-state index is 11.4. The van der Waals surface area contributed by atoms with E-state index >= 15 is 0 Å². The van der Waals surface area contributed by atoms with Crippen LogP contribution in [0, 0.1) is 18.3 Å². The van der Waals surface area contributed by atoms with E-state index in [0.29, 0.717) is 0 Å². The fourth-order valence-electron chi connectivity index (χ4n) is 1.19. The van der Waals surface area contributed by atoms with Gasteiger partial charge in [-0.3, -0.25) is 4.90 Å². The minimum absolute atomic E-state index is 0.0343. The molecular weight excluding hydrogens is 204 g/mol. The lowest BCUT2D eigenvalue weighted by molar-refractivity contribution is 0.108. The molecule has 84 valence electrons. The summed E-state index contributed by atoms with van der Waals surface area (Å²) in [4.78, 5) is 12.6. The highest BCUT2D eigenvalue weighted by atomic mass is 16.6. The summed E-state index contributed by atoms with van der Waals surface area (Å²) in [5.74, 6) is 0. The first kappa shape index (κ1) is 12.1. The predicted octanol–water partition coefficient (Wildman–Crippen LogP) is 2.09. The highest BCUT2D eigenvalue weighted by molar-refractivity contribution is 5.67. The lowest BCUT2D eigenvalue weighted by Crippen LogP contribution is -2.27. The molecular formula is C12H14N2O2. The molecule has 0 saturated heterocycles. The zero-order valence-corrected chi connectivity index (χ0v) is 9.43. The van der Waals surface area contributed by atoms with Crippen LogP contribution in [0.3, 0.4) is 0 Å². The van der Waals surface area contributed by atoms with E-state index in [-0.39, 0.29) is 13.2 Å². The molecule has 16 heavy (non-hydrogen) atoms. The summed E-state index contributed by atoms with van der Waals surface area (Å²) in [5.41, 5.74) is 2.06. The SMILES string of the molecule is Cc1ccccc1COC(=O)N(C)CC#N. The first-order valence-corrected chi connectivity index (χ1v) is 4.94. The van der Waals surface area contributed by atoms with Gasteiger partial charge < -0.3 is 4.74 Å². The van der Waals surface area contributed by atoms with Crippen LogP contribution in [-0.2, 0) is 11.3 Å². The number of rotatable bonds is 3. The summed E-state index contributed by atoms with van der Waals surface area (Å²) in [7, 11) is 1.53. The first-order chi connectivity index (χ1) is 7.65. The van der Waals surface area contributed by atoms with Gasteiger partial charge in [-0.1, -0.05) is 24.3 Å². The summed E-state index contributed by atoms with van der Waals surface area (Å²) in [6.45, 7) is 2.23. The molecule has 0 aliphatic heterocycles. The number of amides is 1. The Labute approximate surface area is 95.0 Å². The predicted molar refractivity (Wildman–Crippen MR) is 59.6 cm³/mol. The van der Waals surface area contributed by atoms with Gasteiger partial charge in [0.2, 0.25) is 0 Å². The number of aryl methyl sites for hydroxylation is 1. The second-order valence-electron chi connectivity index (χ2n) is 3.50. The quantitative estimate of drug-likeness (QED) is 0.730. The second-order valence-corrected chi connectivity index (χ2v) is 3.50. The van der Waals surface area contributed by atoms with Gasteiger partial charge in [0.15, 0.2) is 0 Å². The molecule has 0 unspecified atom stereocenters. The first-order valence-electron chi connectivity index (χ1n) is 4.94. The third-order valence-corrected chi connectivity index (χ3v) is 2.23. The summed E-state index contributed by atoms with van der Waals surface area (Å²) in [6, 6.07) is 9.58. The van der Waals surface area contributed by atoms with Crippen molar-refractivity contribution < 1.29 is 9.53 Å². The molecule has 0 fully saturated rings. The molecule has 1 amide bonds. The Balaban J connectivity index is 2.50. The fraction of sp³-hybridized carbons (Fsp3) is 0.333. The molecule has 0 aliphatic rings. The lowest BCUT2D eigenvalue weighted by atomic mass is 10.1. The van der Waals surface area contributed by atoms with Gasteiger partial charge in [0, 0.05) is 7.05 Å². The van der Waals surface area contributed by atoms with Crippen LogP contribution < -0.4 is 0 Å². The molecule has 4 nitrogen and oxygen atoms in total. The molecule has 0 N–H and O–H groups in total. The Morgan fingerprint density at radius 2 is 2.19 bits per heavy atom. The van der Waals surface area contributed by atoms with Crippen LogP contribution in [0.15, 0.2) is 24.3 Å². The van der Waals surface area contributed by atoms with Crippen LogP contribution in [0.5, 0.6) is 0 Å². The summed E-state index contributed by atoms with van der Waals surface area (Å²) < 4.78 is 5.06. The fourth-order valence-corrected chi connectivity index (χ4v) is 1.19. The van der Waals surface area contributed by atoms with Crippen molar-refractivity contribution in [3.63, 3.8) is 0 Å². The zero-order valence-electron chi connectivity index (χ0n) is 9.43. The molecule has 0 aliphatic carbocycles. The topological polar surface area (TPSA) is 53.3 Å². The number of nitrogens with zero attached hydrogens (tertiary/aromatic N) is 2. The van der Waals surface area contributed by atoms with Gasteiger partial charge in [-0.15, -0.1) is 0 Å². The van der Waals surface area contributed by atoms with Crippen molar-refractivity contribution >= 4 is 6.09 Å². The van der Waals surface area contributed by atoms with E-state index in [0.717, 1.165) is 11.1 Å². The zero-order chi connectivity index (χ0) is 12.0. The standard InChI is InChI=1S/C12H14N2O2/c1-10-5-3-4-6-11(10)9-16-12(15)14(2)8-7-13/h3-6H,8-9H2,1-2H3. The van der Waals surface area contributed by atoms with Gasteiger partial charge in [-0.2, -0.15) is 5.26 Å². The molecule has 0 radical (unpaired) electrons. The van der Waals surface area contributed by atoms with Gasteiger partial charge >= 0.3 is 6.09 Å². The number of hydrogen-bond acceptors (Lipinski definition) is 3. The Morgan fingerprint density at radius 3 is 2.81 bits per heavy atom. The maximum atomic E-state index is 11.4. The molecule has 0 atom stereocenters. The van der Waals surface area contributed by atoms with Crippen LogP contribution in [0.25, 0.3) is 0 Å². The smallest absolute Gasteiger partial charge is 0.410 e. The minimum Gasteiger partial charge on any atom is -0.445 e. The molecule has 1 aromatic rings. The molecule has 1 rings (SSSR count). The third kappa shape index (κ3) is 3.28. The van der Waals surface area contributed by atoms with Gasteiger partial charge in [0.1, 0.15) is 13.2 Å². The average molecular weight is 218 g/mol. The van der Waals surface area contributed by atoms with E-state index in [1.54, 1.807) is 0 Å². The Kier molecular flexibility index (Phi) is 4.34. The largest absolute Gasteiger partial charge is 0.445 e. The highest BCUT2D eigenvalue weighted by Crippen LogP contribution is 2.08. The maximum Gasteiger partial charge on any atom is 0.410 e. The third-order valence-electron chi connectivity index (χ3n) is 2.23.